The molecule has 26 heavy (non-hydrogen) atoms. The lowest BCUT2D eigenvalue weighted by Crippen LogP contribution is -2.30. The minimum atomic E-state index is -4.57. The van der Waals surface area contributed by atoms with Crippen molar-refractivity contribution in [2.45, 2.75) is 25.2 Å². The predicted molar refractivity (Wildman–Crippen MR) is 86.2 cm³/mol. The van der Waals surface area contributed by atoms with Gasteiger partial charge in [0.15, 0.2) is 0 Å². The van der Waals surface area contributed by atoms with Crippen LogP contribution in [-0.2, 0) is 22.3 Å². The van der Waals surface area contributed by atoms with Crippen LogP contribution in [0.25, 0.3) is 0 Å². The number of nitrogens with one attached hydrogen (secondary N) is 1. The van der Waals surface area contributed by atoms with E-state index in [-0.39, 0.29) is 12.2 Å². The van der Waals surface area contributed by atoms with Gasteiger partial charge >= 0.3 is 18.2 Å². The van der Waals surface area contributed by atoms with E-state index in [0.29, 0.717) is 0 Å². The standard InChI is InChI=1S/C18H16F3NO4/c19-18(20,21)14-8-4-7-13(9-14)15(10-16(23)24)22-17(25)26-11-12-5-2-1-3-6-12/h1-9,15H,10-11H2,(H,22,25)(H,23,24)/t15-/m1/s1. The zero-order valence-electron chi connectivity index (χ0n) is 13.5. The van der Waals surface area contributed by atoms with Crippen molar-refractivity contribution in [1.29, 1.82) is 0 Å². The lowest BCUT2D eigenvalue weighted by Gasteiger charge is -2.18. The molecule has 0 heterocycles. The van der Waals surface area contributed by atoms with Gasteiger partial charge in [-0.1, -0.05) is 42.5 Å². The molecule has 5 nitrogen and oxygen atoms in total. The number of carbonyl (C=O) groups excluding carboxylic acids is 1. The average molecular weight is 367 g/mol. The Morgan fingerprint density at radius 1 is 1.08 bits per heavy atom. The maximum Gasteiger partial charge on any atom is 0.416 e. The first kappa shape index (κ1) is 19.3. The topological polar surface area (TPSA) is 75.6 Å². The second-order valence-electron chi connectivity index (χ2n) is 5.48. The first-order valence-corrected chi connectivity index (χ1v) is 7.62. The lowest BCUT2D eigenvalue weighted by molar-refractivity contribution is -0.138. The van der Waals surface area contributed by atoms with E-state index in [1.165, 1.54) is 6.07 Å². The summed E-state index contributed by atoms with van der Waals surface area (Å²) in [5.41, 5.74) is -0.180. The second-order valence-corrected chi connectivity index (χ2v) is 5.48. The highest BCUT2D eigenvalue weighted by Gasteiger charge is 2.31. The third kappa shape index (κ3) is 5.80. The highest BCUT2D eigenvalue weighted by molar-refractivity contribution is 5.72. The molecular weight excluding hydrogens is 351 g/mol. The van der Waals surface area contributed by atoms with Gasteiger partial charge < -0.3 is 15.2 Å². The number of carbonyl (C=O) groups is 2. The average Bonchev–Trinajstić information content (AvgIpc) is 2.59. The van der Waals surface area contributed by atoms with Gasteiger partial charge in [-0.3, -0.25) is 4.79 Å². The number of amides is 1. The fourth-order valence-corrected chi connectivity index (χ4v) is 2.27. The van der Waals surface area contributed by atoms with Crippen LogP contribution in [0, 0.1) is 0 Å². The highest BCUT2D eigenvalue weighted by atomic mass is 19.4. The van der Waals surface area contributed by atoms with Crippen molar-refractivity contribution in [3.8, 4) is 0 Å². The van der Waals surface area contributed by atoms with Crippen LogP contribution in [-0.4, -0.2) is 17.2 Å². The van der Waals surface area contributed by atoms with Gasteiger partial charge in [0.05, 0.1) is 18.0 Å². The summed E-state index contributed by atoms with van der Waals surface area (Å²) >= 11 is 0. The molecule has 8 heteroatoms. The Hall–Kier alpha value is -3.03. The second kappa shape index (κ2) is 8.37. The molecule has 0 radical (unpaired) electrons. The van der Waals surface area contributed by atoms with Crippen molar-refractivity contribution in [3.63, 3.8) is 0 Å². The highest BCUT2D eigenvalue weighted by Crippen LogP contribution is 2.31. The quantitative estimate of drug-likeness (QED) is 0.804. The van der Waals surface area contributed by atoms with Crippen LogP contribution >= 0.6 is 0 Å². The molecule has 2 aromatic rings. The molecule has 0 aliphatic rings. The largest absolute Gasteiger partial charge is 0.481 e. The normalized spacial score (nSPS) is 12.3. The van der Waals surface area contributed by atoms with Gasteiger partial charge in [0, 0.05) is 0 Å². The Kier molecular flexibility index (Phi) is 6.21. The number of alkyl halides is 3. The molecule has 2 rings (SSSR count). The molecule has 2 N–H and O–H groups in total. The van der Waals surface area contributed by atoms with Crippen molar-refractivity contribution >= 4 is 12.1 Å². The fraction of sp³-hybridized carbons (Fsp3) is 0.222. The number of hydrogen-bond acceptors (Lipinski definition) is 3. The van der Waals surface area contributed by atoms with Crippen LogP contribution in [0.4, 0.5) is 18.0 Å². The maximum absolute atomic E-state index is 12.8. The molecule has 0 bridgehead atoms. The molecule has 138 valence electrons. The number of hydrogen-bond donors (Lipinski definition) is 2. The van der Waals surface area contributed by atoms with E-state index in [1.807, 2.05) is 0 Å². The number of carboxylic acids is 1. The minimum absolute atomic E-state index is 0.0267. The van der Waals surface area contributed by atoms with Gasteiger partial charge in [0.25, 0.3) is 0 Å². The van der Waals surface area contributed by atoms with E-state index in [2.05, 4.69) is 5.32 Å². The molecule has 0 aliphatic carbocycles. The van der Waals surface area contributed by atoms with Crippen molar-refractivity contribution < 1.29 is 32.6 Å². The number of ether oxygens (including phenoxy) is 1. The summed E-state index contributed by atoms with van der Waals surface area (Å²) < 4.78 is 43.5. The van der Waals surface area contributed by atoms with Gasteiger partial charge in [-0.05, 0) is 23.3 Å². The van der Waals surface area contributed by atoms with Crippen molar-refractivity contribution in [2.75, 3.05) is 0 Å². The Bertz CT molecular complexity index is 763. The summed E-state index contributed by atoms with van der Waals surface area (Å²) in [7, 11) is 0. The zero-order valence-corrected chi connectivity index (χ0v) is 13.5. The molecule has 1 amide bonds. The number of alkyl carbamates (subject to hydrolysis) is 1. The van der Waals surface area contributed by atoms with Crippen molar-refractivity contribution in [1.82, 2.24) is 5.32 Å². The van der Waals surface area contributed by atoms with Gasteiger partial charge in [0.1, 0.15) is 6.61 Å². The summed E-state index contributed by atoms with van der Waals surface area (Å²) in [6.45, 7) is -0.0466. The van der Waals surface area contributed by atoms with E-state index in [4.69, 9.17) is 9.84 Å². The Morgan fingerprint density at radius 2 is 1.77 bits per heavy atom. The van der Waals surface area contributed by atoms with Gasteiger partial charge in [-0.15, -0.1) is 0 Å². The zero-order chi connectivity index (χ0) is 19.2. The number of benzene rings is 2. The Balaban J connectivity index is 2.09. The monoisotopic (exact) mass is 367 g/mol. The van der Waals surface area contributed by atoms with E-state index < -0.39 is 36.3 Å². The molecule has 0 spiro atoms. The number of aliphatic carboxylic acids is 1. The first-order valence-electron chi connectivity index (χ1n) is 7.62. The van der Waals surface area contributed by atoms with E-state index in [1.54, 1.807) is 30.3 Å². The Morgan fingerprint density at radius 3 is 2.38 bits per heavy atom. The van der Waals surface area contributed by atoms with Crippen LogP contribution in [0.1, 0.15) is 29.2 Å². The lowest BCUT2D eigenvalue weighted by atomic mass is 10.0. The van der Waals surface area contributed by atoms with Crippen LogP contribution in [0.15, 0.2) is 54.6 Å². The Labute approximate surface area is 147 Å². The van der Waals surface area contributed by atoms with Crippen LogP contribution in [0.2, 0.25) is 0 Å². The smallest absolute Gasteiger partial charge is 0.416 e. The fourth-order valence-electron chi connectivity index (χ4n) is 2.27. The summed E-state index contributed by atoms with van der Waals surface area (Å²) in [6, 6.07) is 11.8. The van der Waals surface area contributed by atoms with Crippen molar-refractivity contribution in [3.05, 3.63) is 71.3 Å². The molecule has 0 unspecified atom stereocenters. The van der Waals surface area contributed by atoms with Gasteiger partial charge in [-0.25, -0.2) is 4.79 Å². The van der Waals surface area contributed by atoms with Gasteiger partial charge in [0.2, 0.25) is 0 Å². The summed E-state index contributed by atoms with van der Waals surface area (Å²) in [5, 5.41) is 11.3. The number of halogens is 3. The SMILES string of the molecule is O=C(O)C[C@@H](NC(=O)OCc1ccccc1)c1cccc(C(F)(F)F)c1. The van der Waals surface area contributed by atoms with Crippen LogP contribution < -0.4 is 5.32 Å². The van der Waals surface area contributed by atoms with Gasteiger partial charge in [-0.2, -0.15) is 13.2 Å². The summed E-state index contributed by atoms with van der Waals surface area (Å²) in [4.78, 5) is 22.9. The molecule has 0 aliphatic heterocycles. The predicted octanol–water partition coefficient (Wildman–Crippen LogP) is 4.15. The molecule has 0 saturated carbocycles. The number of carboxylic acid groups (broad SMARTS) is 1. The minimum Gasteiger partial charge on any atom is -0.481 e. The molecular formula is C18H16F3NO4. The summed E-state index contributed by atoms with van der Waals surface area (Å²) in [6.07, 6.45) is -6.07. The molecule has 0 saturated heterocycles. The summed E-state index contributed by atoms with van der Waals surface area (Å²) in [5.74, 6) is -1.27. The van der Waals surface area contributed by atoms with E-state index >= 15 is 0 Å². The van der Waals surface area contributed by atoms with Crippen LogP contribution in [0.3, 0.4) is 0 Å². The van der Waals surface area contributed by atoms with Crippen molar-refractivity contribution in [2.24, 2.45) is 0 Å². The third-order valence-corrected chi connectivity index (χ3v) is 3.50. The van der Waals surface area contributed by atoms with E-state index in [0.717, 1.165) is 23.8 Å². The number of rotatable bonds is 6. The molecule has 2 aromatic carbocycles. The molecule has 1 atom stereocenters. The first-order chi connectivity index (χ1) is 12.3. The molecule has 0 fully saturated rings. The third-order valence-electron chi connectivity index (χ3n) is 3.50. The maximum atomic E-state index is 12.8. The molecule has 0 aromatic heterocycles. The van der Waals surface area contributed by atoms with Crippen LogP contribution in [0.5, 0.6) is 0 Å². The van der Waals surface area contributed by atoms with E-state index in [9.17, 15) is 22.8 Å².